The Morgan fingerprint density at radius 1 is 1.53 bits per heavy atom. The third-order valence-electron chi connectivity index (χ3n) is 2.11. The van der Waals surface area contributed by atoms with E-state index in [2.05, 4.69) is 0 Å². The quantitative estimate of drug-likeness (QED) is 0.639. The van der Waals surface area contributed by atoms with Crippen LogP contribution in [0.15, 0.2) is 24.3 Å². The first-order valence-electron chi connectivity index (χ1n) is 4.65. The molecule has 0 aliphatic rings. The topological polar surface area (TPSA) is 69.2 Å². The summed E-state index contributed by atoms with van der Waals surface area (Å²) >= 11 is 0. The number of nitro groups is 1. The maximum Gasteiger partial charge on any atom is 0.269 e. The van der Waals surface area contributed by atoms with Crippen molar-refractivity contribution in [2.45, 2.75) is 25.8 Å². The second-order valence-corrected chi connectivity index (χ2v) is 3.25. The van der Waals surface area contributed by atoms with Crippen LogP contribution in [-0.4, -0.2) is 4.92 Å². The van der Waals surface area contributed by atoms with E-state index in [0.29, 0.717) is 0 Å². The van der Waals surface area contributed by atoms with Crippen molar-refractivity contribution in [1.29, 1.82) is 0 Å². The van der Waals surface area contributed by atoms with E-state index in [1.807, 2.05) is 13.0 Å². The number of non-ortho nitro benzene ring substituents is 1. The summed E-state index contributed by atoms with van der Waals surface area (Å²) < 4.78 is 0. The lowest BCUT2D eigenvalue weighted by Gasteiger charge is -2.09. The summed E-state index contributed by atoms with van der Waals surface area (Å²) in [5.74, 6) is 0. The van der Waals surface area contributed by atoms with Crippen LogP contribution in [0.2, 0.25) is 0 Å². The summed E-state index contributed by atoms with van der Waals surface area (Å²) in [4.78, 5) is 10.1. The molecule has 84 valence electrons. The molecule has 1 aromatic carbocycles. The van der Waals surface area contributed by atoms with E-state index < -0.39 is 4.92 Å². The highest BCUT2D eigenvalue weighted by Crippen LogP contribution is 2.20. The Kier molecular flexibility index (Phi) is 5.89. The molecular weight excluding hydrogens is 216 g/mol. The number of benzene rings is 1. The molecule has 0 aliphatic heterocycles. The fraction of sp³-hybridized carbons (Fsp3) is 0.400. The van der Waals surface area contributed by atoms with Gasteiger partial charge in [-0.3, -0.25) is 10.1 Å². The van der Waals surface area contributed by atoms with Crippen LogP contribution in [0.25, 0.3) is 0 Å². The molecule has 0 spiro atoms. The SMILES string of the molecule is CCC[C@@H](N)c1cccc([N+](=O)[O-])c1.Cl. The van der Waals surface area contributed by atoms with Crippen LogP contribution < -0.4 is 5.73 Å². The first-order chi connectivity index (χ1) is 6.65. The molecule has 0 saturated carbocycles. The van der Waals surface area contributed by atoms with Gasteiger partial charge < -0.3 is 5.73 Å². The zero-order valence-electron chi connectivity index (χ0n) is 8.55. The average Bonchev–Trinajstić information content (AvgIpc) is 2.18. The molecule has 0 unspecified atom stereocenters. The molecule has 0 aliphatic carbocycles. The van der Waals surface area contributed by atoms with Crippen molar-refractivity contribution >= 4 is 18.1 Å². The lowest BCUT2D eigenvalue weighted by atomic mass is 10.0. The Balaban J connectivity index is 0.00000196. The lowest BCUT2D eigenvalue weighted by molar-refractivity contribution is -0.384. The van der Waals surface area contributed by atoms with Crippen LogP contribution in [0, 0.1) is 10.1 Å². The minimum Gasteiger partial charge on any atom is -0.324 e. The smallest absolute Gasteiger partial charge is 0.269 e. The molecule has 0 amide bonds. The minimum absolute atomic E-state index is 0. The van der Waals surface area contributed by atoms with Crippen molar-refractivity contribution in [3.8, 4) is 0 Å². The van der Waals surface area contributed by atoms with Gasteiger partial charge >= 0.3 is 0 Å². The summed E-state index contributed by atoms with van der Waals surface area (Å²) in [6.45, 7) is 2.04. The molecule has 0 fully saturated rings. The average molecular weight is 231 g/mol. The number of nitrogens with zero attached hydrogens (tertiary/aromatic N) is 1. The summed E-state index contributed by atoms with van der Waals surface area (Å²) in [6, 6.07) is 6.42. The molecule has 1 atom stereocenters. The fourth-order valence-corrected chi connectivity index (χ4v) is 1.35. The highest BCUT2D eigenvalue weighted by atomic mass is 35.5. The van der Waals surface area contributed by atoms with Gasteiger partial charge in [0.25, 0.3) is 5.69 Å². The number of nitrogens with two attached hydrogens (primary N) is 1. The van der Waals surface area contributed by atoms with Gasteiger partial charge in [-0.2, -0.15) is 0 Å². The van der Waals surface area contributed by atoms with Gasteiger partial charge in [0.2, 0.25) is 0 Å². The third-order valence-corrected chi connectivity index (χ3v) is 2.11. The van der Waals surface area contributed by atoms with Gasteiger partial charge in [-0.05, 0) is 12.0 Å². The highest BCUT2D eigenvalue weighted by molar-refractivity contribution is 5.85. The van der Waals surface area contributed by atoms with Crippen LogP contribution in [0.1, 0.15) is 31.4 Å². The van der Waals surface area contributed by atoms with E-state index in [9.17, 15) is 10.1 Å². The van der Waals surface area contributed by atoms with E-state index in [0.717, 1.165) is 18.4 Å². The van der Waals surface area contributed by atoms with Crippen LogP contribution in [-0.2, 0) is 0 Å². The van der Waals surface area contributed by atoms with Crippen LogP contribution in [0.3, 0.4) is 0 Å². The van der Waals surface area contributed by atoms with Gasteiger partial charge in [-0.15, -0.1) is 12.4 Å². The third kappa shape index (κ3) is 3.85. The second kappa shape index (κ2) is 6.37. The minimum atomic E-state index is -0.401. The Morgan fingerprint density at radius 3 is 2.73 bits per heavy atom. The molecule has 0 radical (unpaired) electrons. The summed E-state index contributed by atoms with van der Waals surface area (Å²) in [5.41, 5.74) is 6.79. The molecule has 0 bridgehead atoms. The molecule has 0 heterocycles. The maximum absolute atomic E-state index is 10.5. The molecule has 1 aromatic rings. The Labute approximate surface area is 95.0 Å². The number of hydrogen-bond acceptors (Lipinski definition) is 3. The van der Waals surface area contributed by atoms with Crippen molar-refractivity contribution < 1.29 is 4.92 Å². The first-order valence-corrected chi connectivity index (χ1v) is 4.65. The molecule has 0 saturated heterocycles. The number of nitro benzene ring substituents is 1. The van der Waals surface area contributed by atoms with Crippen LogP contribution >= 0.6 is 12.4 Å². The first kappa shape index (κ1) is 13.9. The lowest BCUT2D eigenvalue weighted by Crippen LogP contribution is -2.09. The van der Waals surface area contributed by atoms with E-state index in [-0.39, 0.29) is 24.1 Å². The summed E-state index contributed by atoms with van der Waals surface area (Å²) in [7, 11) is 0. The Morgan fingerprint density at radius 2 is 2.20 bits per heavy atom. The normalized spacial score (nSPS) is 11.6. The zero-order chi connectivity index (χ0) is 10.6. The van der Waals surface area contributed by atoms with Crippen LogP contribution in [0.4, 0.5) is 5.69 Å². The number of rotatable bonds is 4. The maximum atomic E-state index is 10.5. The number of halogens is 1. The van der Waals surface area contributed by atoms with Gasteiger partial charge in [0.15, 0.2) is 0 Å². The van der Waals surface area contributed by atoms with E-state index >= 15 is 0 Å². The van der Waals surface area contributed by atoms with Gasteiger partial charge in [0.1, 0.15) is 0 Å². The second-order valence-electron chi connectivity index (χ2n) is 3.25. The molecular formula is C10H15ClN2O2. The molecule has 5 heteroatoms. The van der Waals surface area contributed by atoms with Crippen molar-refractivity contribution in [2.75, 3.05) is 0 Å². The molecule has 15 heavy (non-hydrogen) atoms. The standard InChI is InChI=1S/C10H14N2O2.ClH/c1-2-4-10(11)8-5-3-6-9(7-8)12(13)14;/h3,5-7,10H,2,4,11H2,1H3;1H/t10-;/m1./s1. The predicted octanol–water partition coefficient (Wildman–Crippen LogP) is 2.82. The highest BCUT2D eigenvalue weighted by Gasteiger charge is 2.09. The van der Waals surface area contributed by atoms with E-state index in [1.54, 1.807) is 12.1 Å². The zero-order valence-corrected chi connectivity index (χ0v) is 9.37. The van der Waals surface area contributed by atoms with E-state index in [1.165, 1.54) is 6.07 Å². The molecule has 4 nitrogen and oxygen atoms in total. The van der Waals surface area contributed by atoms with Gasteiger partial charge in [-0.1, -0.05) is 25.5 Å². The molecule has 1 rings (SSSR count). The molecule has 2 N–H and O–H groups in total. The Hall–Kier alpha value is -1.13. The fourth-order valence-electron chi connectivity index (χ4n) is 1.35. The summed E-state index contributed by atoms with van der Waals surface area (Å²) in [6.07, 6.45) is 1.82. The van der Waals surface area contributed by atoms with Gasteiger partial charge in [-0.25, -0.2) is 0 Å². The van der Waals surface area contributed by atoms with Gasteiger partial charge in [0, 0.05) is 18.2 Å². The largest absolute Gasteiger partial charge is 0.324 e. The monoisotopic (exact) mass is 230 g/mol. The van der Waals surface area contributed by atoms with Crippen molar-refractivity contribution in [1.82, 2.24) is 0 Å². The van der Waals surface area contributed by atoms with Crippen molar-refractivity contribution in [2.24, 2.45) is 5.73 Å². The summed E-state index contributed by atoms with van der Waals surface area (Å²) in [5, 5.41) is 10.5. The van der Waals surface area contributed by atoms with Gasteiger partial charge in [0.05, 0.1) is 4.92 Å². The molecule has 0 aromatic heterocycles. The van der Waals surface area contributed by atoms with Crippen molar-refractivity contribution in [3.05, 3.63) is 39.9 Å². The van der Waals surface area contributed by atoms with E-state index in [4.69, 9.17) is 5.73 Å². The predicted molar refractivity (Wildman–Crippen MR) is 62.2 cm³/mol. The Bertz CT molecular complexity index is 331. The van der Waals surface area contributed by atoms with Crippen LogP contribution in [0.5, 0.6) is 0 Å². The number of hydrogen-bond donors (Lipinski definition) is 1. The van der Waals surface area contributed by atoms with Crippen molar-refractivity contribution in [3.63, 3.8) is 0 Å².